The standard InChI is InChI=1S/C20H35N5.HI/c1-17-8-10-18(11-9-17)19(24(3)4)16-23-20(21-2)22-12-15-25-13-6-5-7-14-25;/h8-11,19H,5-7,12-16H2,1-4H3,(H2,21,22,23);1H. The number of nitrogens with one attached hydrogen (secondary N) is 2. The van der Waals surface area contributed by atoms with Gasteiger partial charge < -0.3 is 20.4 Å². The molecule has 26 heavy (non-hydrogen) atoms. The van der Waals surface area contributed by atoms with E-state index in [9.17, 15) is 0 Å². The molecule has 0 aliphatic carbocycles. The predicted molar refractivity (Wildman–Crippen MR) is 123 cm³/mol. The van der Waals surface area contributed by atoms with Gasteiger partial charge in [-0.15, -0.1) is 24.0 Å². The Hall–Kier alpha value is -0.860. The molecule has 1 aliphatic heterocycles. The second kappa shape index (κ2) is 12.5. The number of nitrogens with zero attached hydrogens (tertiary/aromatic N) is 3. The number of benzene rings is 1. The van der Waals surface area contributed by atoms with Crippen molar-refractivity contribution in [2.75, 3.05) is 53.9 Å². The van der Waals surface area contributed by atoms with Crippen molar-refractivity contribution in [1.29, 1.82) is 0 Å². The fourth-order valence-corrected chi connectivity index (χ4v) is 3.32. The van der Waals surface area contributed by atoms with Crippen LogP contribution in [0.25, 0.3) is 0 Å². The Kier molecular flexibility index (Phi) is 11.2. The van der Waals surface area contributed by atoms with Crippen LogP contribution in [0.2, 0.25) is 0 Å². The topological polar surface area (TPSA) is 42.9 Å². The number of aliphatic imine (C=N–C) groups is 1. The number of hydrogen-bond donors (Lipinski definition) is 2. The van der Waals surface area contributed by atoms with E-state index in [0.29, 0.717) is 6.04 Å². The molecule has 0 amide bonds. The third-order valence-corrected chi connectivity index (χ3v) is 4.94. The molecule has 0 saturated carbocycles. The molecule has 2 rings (SSSR count). The van der Waals surface area contributed by atoms with E-state index in [0.717, 1.165) is 25.6 Å². The summed E-state index contributed by atoms with van der Waals surface area (Å²) in [6.07, 6.45) is 4.07. The third kappa shape index (κ3) is 7.80. The lowest BCUT2D eigenvalue weighted by atomic mass is 10.0. The number of aryl methyl sites for hydroxylation is 1. The zero-order valence-corrected chi connectivity index (χ0v) is 19.1. The number of hydrogen-bond acceptors (Lipinski definition) is 3. The molecule has 1 saturated heterocycles. The second-order valence-electron chi connectivity index (χ2n) is 7.17. The highest BCUT2D eigenvalue weighted by Gasteiger charge is 2.15. The average molecular weight is 473 g/mol. The van der Waals surface area contributed by atoms with E-state index in [1.807, 2.05) is 7.05 Å². The number of likely N-dealkylation sites (N-methyl/N-ethyl adjacent to an activating group) is 1. The van der Waals surface area contributed by atoms with Gasteiger partial charge in [-0.25, -0.2) is 0 Å². The van der Waals surface area contributed by atoms with Gasteiger partial charge in [0.15, 0.2) is 5.96 Å². The monoisotopic (exact) mass is 473 g/mol. The molecular formula is C20H36IN5. The minimum absolute atomic E-state index is 0. The van der Waals surface area contributed by atoms with Crippen LogP contribution in [0, 0.1) is 6.92 Å². The molecule has 1 atom stereocenters. The molecule has 1 aromatic rings. The number of likely N-dealkylation sites (tertiary alicyclic amines) is 1. The molecule has 0 radical (unpaired) electrons. The van der Waals surface area contributed by atoms with Crippen LogP contribution in [0.5, 0.6) is 0 Å². The summed E-state index contributed by atoms with van der Waals surface area (Å²) in [7, 11) is 6.09. The van der Waals surface area contributed by atoms with Crippen LogP contribution in [0.4, 0.5) is 0 Å². The Morgan fingerprint density at radius 1 is 1.12 bits per heavy atom. The van der Waals surface area contributed by atoms with Crippen LogP contribution in [0.3, 0.4) is 0 Å². The number of rotatable bonds is 7. The Labute approximate surface area is 176 Å². The van der Waals surface area contributed by atoms with Crippen molar-refractivity contribution in [1.82, 2.24) is 20.4 Å². The number of halogens is 1. The summed E-state index contributed by atoms with van der Waals surface area (Å²) in [5.41, 5.74) is 2.62. The second-order valence-corrected chi connectivity index (χ2v) is 7.17. The zero-order valence-electron chi connectivity index (χ0n) is 16.8. The molecule has 0 aromatic heterocycles. The summed E-state index contributed by atoms with van der Waals surface area (Å²) in [5, 5.41) is 6.93. The fourth-order valence-electron chi connectivity index (χ4n) is 3.32. The molecule has 148 valence electrons. The summed E-state index contributed by atoms with van der Waals surface area (Å²) >= 11 is 0. The Morgan fingerprint density at radius 2 is 1.77 bits per heavy atom. The van der Waals surface area contributed by atoms with Crippen LogP contribution in [0.1, 0.15) is 36.4 Å². The molecule has 1 aromatic carbocycles. The molecule has 0 spiro atoms. The van der Waals surface area contributed by atoms with E-state index in [2.05, 4.69) is 70.7 Å². The largest absolute Gasteiger partial charge is 0.355 e. The van der Waals surface area contributed by atoms with Crippen molar-refractivity contribution in [3.8, 4) is 0 Å². The summed E-state index contributed by atoms with van der Waals surface area (Å²) in [5.74, 6) is 0.885. The van der Waals surface area contributed by atoms with E-state index in [1.165, 1.54) is 43.5 Å². The smallest absolute Gasteiger partial charge is 0.191 e. The zero-order chi connectivity index (χ0) is 18.1. The molecular weight excluding hydrogens is 437 g/mol. The lowest BCUT2D eigenvalue weighted by molar-refractivity contribution is 0.232. The number of guanidine groups is 1. The minimum Gasteiger partial charge on any atom is -0.355 e. The van der Waals surface area contributed by atoms with Crippen molar-refractivity contribution in [3.05, 3.63) is 35.4 Å². The van der Waals surface area contributed by atoms with Crippen LogP contribution in [-0.4, -0.2) is 69.6 Å². The van der Waals surface area contributed by atoms with E-state index < -0.39 is 0 Å². The van der Waals surface area contributed by atoms with Gasteiger partial charge in [0.05, 0.1) is 6.04 Å². The Bertz CT molecular complexity index is 524. The lowest BCUT2D eigenvalue weighted by Crippen LogP contribution is -2.44. The summed E-state index contributed by atoms with van der Waals surface area (Å²) in [6.45, 7) is 7.47. The van der Waals surface area contributed by atoms with Crippen LogP contribution >= 0.6 is 24.0 Å². The maximum Gasteiger partial charge on any atom is 0.191 e. The third-order valence-electron chi connectivity index (χ3n) is 4.94. The highest BCUT2D eigenvalue weighted by molar-refractivity contribution is 14.0. The lowest BCUT2D eigenvalue weighted by Gasteiger charge is -2.28. The maximum atomic E-state index is 4.37. The van der Waals surface area contributed by atoms with Gasteiger partial charge in [0, 0.05) is 26.7 Å². The molecule has 1 unspecified atom stereocenters. The Balaban J connectivity index is 0.00000338. The normalized spacial score (nSPS) is 16.9. The highest BCUT2D eigenvalue weighted by atomic mass is 127. The minimum atomic E-state index is 0. The van der Waals surface area contributed by atoms with Crippen molar-refractivity contribution in [2.45, 2.75) is 32.2 Å². The van der Waals surface area contributed by atoms with Gasteiger partial charge in [0.2, 0.25) is 0 Å². The van der Waals surface area contributed by atoms with Gasteiger partial charge in [-0.2, -0.15) is 0 Å². The predicted octanol–water partition coefficient (Wildman–Crippen LogP) is 2.87. The molecule has 2 N–H and O–H groups in total. The van der Waals surface area contributed by atoms with E-state index in [4.69, 9.17) is 0 Å². The average Bonchev–Trinajstić information content (AvgIpc) is 2.62. The quantitative estimate of drug-likeness (QED) is 0.363. The van der Waals surface area contributed by atoms with Crippen LogP contribution < -0.4 is 10.6 Å². The van der Waals surface area contributed by atoms with Gasteiger partial charge in [-0.3, -0.25) is 4.99 Å². The Morgan fingerprint density at radius 3 is 2.35 bits per heavy atom. The van der Waals surface area contributed by atoms with Gasteiger partial charge in [-0.1, -0.05) is 36.2 Å². The number of piperidine rings is 1. The van der Waals surface area contributed by atoms with Crippen molar-refractivity contribution in [3.63, 3.8) is 0 Å². The van der Waals surface area contributed by atoms with E-state index >= 15 is 0 Å². The van der Waals surface area contributed by atoms with E-state index in [1.54, 1.807) is 0 Å². The summed E-state index contributed by atoms with van der Waals surface area (Å²) in [4.78, 5) is 9.16. The first-order chi connectivity index (χ1) is 12.1. The maximum absolute atomic E-state index is 4.37. The van der Waals surface area contributed by atoms with Gasteiger partial charge in [0.1, 0.15) is 0 Å². The molecule has 1 fully saturated rings. The first-order valence-electron chi connectivity index (χ1n) is 9.50. The SMILES string of the molecule is CN=C(NCCN1CCCCC1)NCC(c1ccc(C)cc1)N(C)C.I. The van der Waals surface area contributed by atoms with Crippen molar-refractivity contribution < 1.29 is 0 Å². The first-order valence-corrected chi connectivity index (χ1v) is 9.50. The van der Waals surface area contributed by atoms with E-state index in [-0.39, 0.29) is 24.0 Å². The van der Waals surface area contributed by atoms with Crippen molar-refractivity contribution >= 4 is 29.9 Å². The van der Waals surface area contributed by atoms with Gasteiger partial charge in [0.25, 0.3) is 0 Å². The molecule has 6 heteroatoms. The molecule has 1 heterocycles. The van der Waals surface area contributed by atoms with Gasteiger partial charge >= 0.3 is 0 Å². The van der Waals surface area contributed by atoms with Crippen LogP contribution in [-0.2, 0) is 0 Å². The molecule has 0 bridgehead atoms. The summed E-state index contributed by atoms with van der Waals surface area (Å²) < 4.78 is 0. The summed E-state index contributed by atoms with van der Waals surface area (Å²) in [6, 6.07) is 9.11. The molecule has 1 aliphatic rings. The first kappa shape index (κ1) is 23.2. The van der Waals surface area contributed by atoms with Gasteiger partial charge in [-0.05, 0) is 52.5 Å². The fraction of sp³-hybridized carbons (Fsp3) is 0.650. The highest BCUT2D eigenvalue weighted by Crippen LogP contribution is 2.17. The van der Waals surface area contributed by atoms with Crippen molar-refractivity contribution in [2.24, 2.45) is 4.99 Å². The van der Waals surface area contributed by atoms with Crippen LogP contribution in [0.15, 0.2) is 29.3 Å². The molecule has 5 nitrogen and oxygen atoms in total.